The molecule has 4 rings (SSSR count). The first kappa shape index (κ1) is 19.6. The van der Waals surface area contributed by atoms with Crippen LogP contribution in [0.3, 0.4) is 0 Å². The standard InChI is InChI=1S/C23H22N2O2S2/c1-14-8-10-19(11-9-14)29(26,27)25-20-13-16(3)24-23-22(20)21(17(4)28-23)18-7-5-6-15(2)12-18/h5-13H,1-4H3,(H,24,25). The molecule has 0 amide bonds. The quantitative estimate of drug-likeness (QED) is 0.439. The lowest BCUT2D eigenvalue weighted by molar-refractivity contribution is 0.601. The van der Waals surface area contributed by atoms with Crippen molar-refractivity contribution in [2.75, 3.05) is 4.72 Å². The molecule has 0 unspecified atom stereocenters. The SMILES string of the molecule is Cc1ccc(S(=O)(=O)Nc2cc(C)nc3sc(C)c(-c4cccc(C)c4)c23)cc1. The summed E-state index contributed by atoms with van der Waals surface area (Å²) in [4.78, 5) is 6.85. The Balaban J connectivity index is 1.91. The Morgan fingerprint density at radius 1 is 0.897 bits per heavy atom. The fourth-order valence-electron chi connectivity index (χ4n) is 3.48. The number of hydrogen-bond donors (Lipinski definition) is 1. The van der Waals surface area contributed by atoms with Crippen LogP contribution in [0.5, 0.6) is 0 Å². The molecule has 2 aromatic carbocycles. The maximum atomic E-state index is 13.0. The van der Waals surface area contributed by atoms with Crippen molar-refractivity contribution >= 4 is 37.3 Å². The van der Waals surface area contributed by atoms with Gasteiger partial charge in [-0.05, 0) is 51.5 Å². The summed E-state index contributed by atoms with van der Waals surface area (Å²) in [5, 5.41) is 0.847. The highest BCUT2D eigenvalue weighted by molar-refractivity contribution is 7.92. The third-order valence-electron chi connectivity index (χ3n) is 4.85. The molecule has 4 aromatic rings. The molecule has 0 aliphatic carbocycles. The molecule has 0 spiro atoms. The number of benzene rings is 2. The zero-order valence-electron chi connectivity index (χ0n) is 16.8. The maximum Gasteiger partial charge on any atom is 0.261 e. The number of aromatic nitrogens is 1. The zero-order valence-corrected chi connectivity index (χ0v) is 18.4. The Kier molecular flexibility index (Phi) is 4.92. The molecule has 0 saturated heterocycles. The molecule has 0 saturated carbocycles. The maximum absolute atomic E-state index is 13.0. The normalized spacial score (nSPS) is 11.7. The van der Waals surface area contributed by atoms with Gasteiger partial charge in [-0.15, -0.1) is 11.3 Å². The third-order valence-corrected chi connectivity index (χ3v) is 7.23. The van der Waals surface area contributed by atoms with E-state index in [2.05, 4.69) is 41.8 Å². The van der Waals surface area contributed by atoms with Crippen molar-refractivity contribution in [3.05, 3.63) is 76.3 Å². The van der Waals surface area contributed by atoms with Crippen LogP contribution < -0.4 is 4.72 Å². The third kappa shape index (κ3) is 3.78. The minimum Gasteiger partial charge on any atom is -0.279 e. The molecule has 0 fully saturated rings. The number of anilines is 1. The summed E-state index contributed by atoms with van der Waals surface area (Å²) >= 11 is 1.59. The molecule has 6 heteroatoms. The molecule has 0 bridgehead atoms. The van der Waals surface area contributed by atoms with Crippen LogP contribution in [0.1, 0.15) is 21.7 Å². The zero-order chi connectivity index (χ0) is 20.8. The van der Waals surface area contributed by atoms with Gasteiger partial charge in [-0.1, -0.05) is 47.5 Å². The average Bonchev–Trinajstić information content (AvgIpc) is 2.97. The monoisotopic (exact) mass is 422 g/mol. The second kappa shape index (κ2) is 7.28. The Morgan fingerprint density at radius 2 is 1.62 bits per heavy atom. The van der Waals surface area contributed by atoms with Gasteiger partial charge in [0.15, 0.2) is 0 Å². The van der Waals surface area contributed by atoms with Crippen LogP contribution in [0, 0.1) is 27.7 Å². The first-order valence-corrected chi connectivity index (χ1v) is 11.6. The number of hydrogen-bond acceptors (Lipinski definition) is 4. The Morgan fingerprint density at radius 3 is 2.31 bits per heavy atom. The van der Waals surface area contributed by atoms with Crippen molar-refractivity contribution in [2.24, 2.45) is 0 Å². The predicted molar refractivity (Wildman–Crippen MR) is 121 cm³/mol. The lowest BCUT2D eigenvalue weighted by atomic mass is 10.0. The molecule has 2 aromatic heterocycles. The molecule has 0 aliphatic heterocycles. The van der Waals surface area contributed by atoms with Gasteiger partial charge in [0.05, 0.1) is 10.6 Å². The van der Waals surface area contributed by atoms with Crippen LogP contribution >= 0.6 is 11.3 Å². The summed E-state index contributed by atoms with van der Waals surface area (Å²) in [6.07, 6.45) is 0. The van der Waals surface area contributed by atoms with E-state index in [4.69, 9.17) is 0 Å². The van der Waals surface area contributed by atoms with Gasteiger partial charge in [-0.3, -0.25) is 4.72 Å². The average molecular weight is 423 g/mol. The molecule has 29 heavy (non-hydrogen) atoms. The second-order valence-electron chi connectivity index (χ2n) is 7.31. The number of nitrogens with zero attached hydrogens (tertiary/aromatic N) is 1. The van der Waals surface area contributed by atoms with E-state index in [1.54, 1.807) is 41.7 Å². The molecule has 0 atom stereocenters. The van der Waals surface area contributed by atoms with E-state index in [9.17, 15) is 8.42 Å². The van der Waals surface area contributed by atoms with E-state index in [0.29, 0.717) is 5.69 Å². The van der Waals surface area contributed by atoms with E-state index < -0.39 is 10.0 Å². The molecule has 4 nitrogen and oxygen atoms in total. The summed E-state index contributed by atoms with van der Waals surface area (Å²) < 4.78 is 28.9. The highest BCUT2D eigenvalue weighted by atomic mass is 32.2. The molecular weight excluding hydrogens is 400 g/mol. The second-order valence-corrected chi connectivity index (χ2v) is 10.2. The van der Waals surface area contributed by atoms with Crippen molar-refractivity contribution in [2.45, 2.75) is 32.6 Å². The highest BCUT2D eigenvalue weighted by Gasteiger charge is 2.21. The number of nitrogens with one attached hydrogen (secondary N) is 1. The smallest absolute Gasteiger partial charge is 0.261 e. The van der Waals surface area contributed by atoms with E-state index in [0.717, 1.165) is 43.0 Å². The summed E-state index contributed by atoms with van der Waals surface area (Å²) in [7, 11) is -3.71. The minimum absolute atomic E-state index is 0.245. The minimum atomic E-state index is -3.71. The largest absolute Gasteiger partial charge is 0.279 e. The summed E-state index contributed by atoms with van der Waals surface area (Å²) in [6.45, 7) is 7.92. The number of pyridine rings is 1. The number of fused-ring (bicyclic) bond motifs is 1. The topological polar surface area (TPSA) is 59.1 Å². The van der Waals surface area contributed by atoms with Crippen molar-refractivity contribution in [3.63, 3.8) is 0 Å². The summed E-state index contributed by atoms with van der Waals surface area (Å²) in [5.74, 6) is 0. The number of rotatable bonds is 4. The number of sulfonamides is 1. The molecule has 1 N–H and O–H groups in total. The lowest BCUT2D eigenvalue weighted by Crippen LogP contribution is -2.13. The summed E-state index contributed by atoms with van der Waals surface area (Å²) in [6, 6.07) is 16.9. The van der Waals surface area contributed by atoms with E-state index >= 15 is 0 Å². The van der Waals surface area contributed by atoms with Gasteiger partial charge < -0.3 is 0 Å². The highest BCUT2D eigenvalue weighted by Crippen LogP contribution is 2.42. The number of thiophene rings is 1. The van der Waals surface area contributed by atoms with Gasteiger partial charge in [0.2, 0.25) is 0 Å². The molecule has 0 radical (unpaired) electrons. The van der Waals surface area contributed by atoms with Crippen LogP contribution in [0.15, 0.2) is 59.5 Å². The lowest BCUT2D eigenvalue weighted by Gasteiger charge is -2.12. The van der Waals surface area contributed by atoms with E-state index in [1.807, 2.05) is 19.9 Å². The fraction of sp³-hybridized carbons (Fsp3) is 0.174. The molecule has 0 aliphatic rings. The number of aryl methyl sites for hydroxylation is 4. The van der Waals surface area contributed by atoms with Crippen LogP contribution in [0.4, 0.5) is 5.69 Å². The van der Waals surface area contributed by atoms with Gasteiger partial charge in [0, 0.05) is 21.5 Å². The van der Waals surface area contributed by atoms with E-state index in [-0.39, 0.29) is 4.90 Å². The first-order valence-electron chi connectivity index (χ1n) is 9.32. The van der Waals surface area contributed by atoms with Gasteiger partial charge in [-0.2, -0.15) is 0 Å². The van der Waals surface area contributed by atoms with Gasteiger partial charge in [0.1, 0.15) is 4.83 Å². The van der Waals surface area contributed by atoms with E-state index in [1.165, 1.54) is 0 Å². The summed E-state index contributed by atoms with van der Waals surface area (Å²) in [5.41, 5.74) is 5.60. The van der Waals surface area contributed by atoms with Crippen LogP contribution in [0.25, 0.3) is 21.3 Å². The van der Waals surface area contributed by atoms with Crippen LogP contribution in [0.2, 0.25) is 0 Å². The Labute approximate surface area is 175 Å². The van der Waals surface area contributed by atoms with Crippen molar-refractivity contribution in [1.29, 1.82) is 0 Å². The van der Waals surface area contributed by atoms with Gasteiger partial charge in [0.25, 0.3) is 10.0 Å². The van der Waals surface area contributed by atoms with Gasteiger partial charge in [-0.25, -0.2) is 13.4 Å². The van der Waals surface area contributed by atoms with Crippen LogP contribution in [-0.4, -0.2) is 13.4 Å². The van der Waals surface area contributed by atoms with Gasteiger partial charge >= 0.3 is 0 Å². The Hall–Kier alpha value is -2.70. The predicted octanol–water partition coefficient (Wildman–Crippen LogP) is 6.00. The molecular formula is C23H22N2O2S2. The molecule has 148 valence electrons. The van der Waals surface area contributed by atoms with Crippen molar-refractivity contribution in [3.8, 4) is 11.1 Å². The molecule has 2 heterocycles. The van der Waals surface area contributed by atoms with Crippen LogP contribution in [-0.2, 0) is 10.0 Å². The first-order chi connectivity index (χ1) is 13.7. The Bertz CT molecular complexity index is 1320. The van der Waals surface area contributed by atoms with Crippen molar-refractivity contribution in [1.82, 2.24) is 4.98 Å². The fourth-order valence-corrected chi connectivity index (χ4v) is 5.66. The van der Waals surface area contributed by atoms with Crippen molar-refractivity contribution < 1.29 is 8.42 Å².